The van der Waals surface area contributed by atoms with E-state index in [0.717, 1.165) is 41.4 Å². The van der Waals surface area contributed by atoms with Gasteiger partial charge in [-0.2, -0.15) is 5.26 Å². The minimum absolute atomic E-state index is 0.441. The average molecular weight is 381 g/mol. The Kier molecular flexibility index (Phi) is 6.38. The van der Waals surface area contributed by atoms with Crippen LogP contribution >= 0.6 is 11.8 Å². The van der Waals surface area contributed by atoms with E-state index < -0.39 is 0 Å². The normalized spacial score (nSPS) is 13.8. The lowest BCUT2D eigenvalue weighted by Gasteiger charge is -2.13. The van der Waals surface area contributed by atoms with Gasteiger partial charge in [0.1, 0.15) is 17.5 Å². The summed E-state index contributed by atoms with van der Waals surface area (Å²) in [6, 6.07) is 11.2. The van der Waals surface area contributed by atoms with Gasteiger partial charge in [0.2, 0.25) is 0 Å². The zero-order valence-electron chi connectivity index (χ0n) is 16.6. The highest BCUT2D eigenvalue weighted by atomic mass is 32.2. The molecule has 0 atom stereocenters. The minimum Gasteiger partial charge on any atom is -0.366 e. The molecular formula is C22H28N4S. The van der Waals surface area contributed by atoms with Crippen LogP contribution in [0.25, 0.3) is 11.3 Å². The molecule has 1 aromatic heterocycles. The first-order valence-electron chi connectivity index (χ1n) is 9.79. The maximum absolute atomic E-state index is 9.80. The second-order valence-corrected chi connectivity index (χ2v) is 8.98. The molecule has 1 aliphatic carbocycles. The van der Waals surface area contributed by atoms with Crippen molar-refractivity contribution in [3.8, 4) is 17.3 Å². The number of nitrogens with one attached hydrogen (secondary N) is 1. The van der Waals surface area contributed by atoms with E-state index in [2.05, 4.69) is 68.3 Å². The van der Waals surface area contributed by atoms with E-state index in [1.54, 1.807) is 11.8 Å². The third-order valence-electron chi connectivity index (χ3n) is 4.70. The van der Waals surface area contributed by atoms with Crippen LogP contribution in [-0.4, -0.2) is 21.8 Å². The molecule has 1 N–H and O–H groups in total. The van der Waals surface area contributed by atoms with E-state index in [1.807, 2.05) is 0 Å². The number of aromatic nitrogens is 2. The number of anilines is 1. The van der Waals surface area contributed by atoms with Gasteiger partial charge in [-0.1, -0.05) is 63.7 Å². The Morgan fingerprint density at radius 3 is 2.41 bits per heavy atom. The highest BCUT2D eigenvalue weighted by molar-refractivity contribution is 7.99. The van der Waals surface area contributed by atoms with E-state index in [9.17, 15) is 5.26 Å². The molecule has 1 heterocycles. The molecule has 0 radical (unpaired) electrons. The van der Waals surface area contributed by atoms with E-state index in [1.165, 1.54) is 5.56 Å². The summed E-state index contributed by atoms with van der Waals surface area (Å²) in [4.78, 5) is 9.43. The highest BCUT2D eigenvalue weighted by Gasteiger charge is 2.25. The van der Waals surface area contributed by atoms with Crippen LogP contribution in [0, 0.1) is 17.2 Å². The van der Waals surface area contributed by atoms with Gasteiger partial charge in [0.25, 0.3) is 0 Å². The number of rotatable bonds is 8. The monoisotopic (exact) mass is 380 g/mol. The fourth-order valence-electron chi connectivity index (χ4n) is 2.76. The summed E-state index contributed by atoms with van der Waals surface area (Å²) in [5, 5.41) is 14.0. The number of thioether (sulfide) groups is 1. The first kappa shape index (κ1) is 19.7. The predicted molar refractivity (Wildman–Crippen MR) is 113 cm³/mol. The van der Waals surface area contributed by atoms with Gasteiger partial charge in [-0.05, 0) is 36.7 Å². The molecule has 0 aliphatic heterocycles. The molecule has 2 aromatic rings. The van der Waals surface area contributed by atoms with Crippen LogP contribution in [-0.2, 0) is 0 Å². The van der Waals surface area contributed by atoms with Gasteiger partial charge in [0.15, 0.2) is 5.16 Å². The summed E-state index contributed by atoms with van der Waals surface area (Å²) in [7, 11) is 0. The molecule has 4 nitrogen and oxygen atoms in total. The molecule has 0 amide bonds. The number of hydrogen-bond acceptors (Lipinski definition) is 5. The van der Waals surface area contributed by atoms with E-state index in [4.69, 9.17) is 4.98 Å². The van der Waals surface area contributed by atoms with Crippen molar-refractivity contribution >= 4 is 17.6 Å². The average Bonchev–Trinajstić information content (AvgIpc) is 3.45. The lowest BCUT2D eigenvalue weighted by Crippen LogP contribution is -2.09. The largest absolute Gasteiger partial charge is 0.366 e. The van der Waals surface area contributed by atoms with E-state index in [-0.39, 0.29) is 0 Å². The topological polar surface area (TPSA) is 61.6 Å². The highest BCUT2D eigenvalue weighted by Crippen LogP contribution is 2.33. The second kappa shape index (κ2) is 8.75. The third kappa shape index (κ3) is 5.23. The van der Waals surface area contributed by atoms with E-state index in [0.29, 0.717) is 29.3 Å². The molecule has 0 bridgehead atoms. The first-order valence-corrected chi connectivity index (χ1v) is 10.8. The summed E-state index contributed by atoms with van der Waals surface area (Å²) < 4.78 is 0. The lowest BCUT2D eigenvalue weighted by atomic mass is 9.99. The minimum atomic E-state index is 0.441. The van der Waals surface area contributed by atoms with Crippen molar-refractivity contribution < 1.29 is 0 Å². The standard InChI is InChI=1S/C22H28N4S/c1-14(2)11-12-27-22-25-20(17-7-5-16(6-8-17)15(3)4)19(13-23)21(26-22)24-18-9-10-18/h5-8,14-15,18H,9-12H2,1-4H3,(H,24,25,26). The summed E-state index contributed by atoms with van der Waals surface area (Å²) in [5.74, 6) is 2.81. The van der Waals surface area contributed by atoms with Gasteiger partial charge in [-0.15, -0.1) is 0 Å². The molecular weight excluding hydrogens is 352 g/mol. The zero-order valence-corrected chi connectivity index (χ0v) is 17.4. The molecule has 27 heavy (non-hydrogen) atoms. The van der Waals surface area contributed by atoms with Crippen LogP contribution in [0.1, 0.15) is 64.0 Å². The van der Waals surface area contributed by atoms with Crippen molar-refractivity contribution in [3.63, 3.8) is 0 Å². The summed E-state index contributed by atoms with van der Waals surface area (Å²) >= 11 is 1.67. The van der Waals surface area contributed by atoms with Crippen molar-refractivity contribution in [2.75, 3.05) is 11.1 Å². The molecule has 1 fully saturated rings. The van der Waals surface area contributed by atoms with Crippen LogP contribution in [0.15, 0.2) is 29.4 Å². The van der Waals surface area contributed by atoms with Crippen molar-refractivity contribution in [2.45, 2.75) is 64.1 Å². The van der Waals surface area contributed by atoms with Crippen molar-refractivity contribution in [2.24, 2.45) is 5.92 Å². The molecule has 142 valence electrons. The Labute approximate surface area is 166 Å². The Balaban J connectivity index is 1.97. The van der Waals surface area contributed by atoms with Gasteiger partial charge in [0, 0.05) is 17.4 Å². The number of hydrogen-bond donors (Lipinski definition) is 1. The smallest absolute Gasteiger partial charge is 0.190 e. The molecule has 1 saturated carbocycles. The van der Waals surface area contributed by atoms with Crippen LogP contribution in [0.3, 0.4) is 0 Å². The Hall–Kier alpha value is -2.06. The van der Waals surface area contributed by atoms with Gasteiger partial charge in [-0.25, -0.2) is 9.97 Å². The van der Waals surface area contributed by atoms with E-state index >= 15 is 0 Å². The number of nitriles is 1. The van der Waals surface area contributed by atoms with Crippen LogP contribution in [0.2, 0.25) is 0 Å². The molecule has 1 aromatic carbocycles. The lowest BCUT2D eigenvalue weighted by molar-refractivity contribution is 0.631. The van der Waals surface area contributed by atoms with Crippen molar-refractivity contribution in [1.82, 2.24) is 9.97 Å². The molecule has 0 spiro atoms. The Morgan fingerprint density at radius 2 is 1.85 bits per heavy atom. The SMILES string of the molecule is CC(C)CCSc1nc(NC2CC2)c(C#N)c(-c2ccc(C(C)C)cc2)n1. The summed E-state index contributed by atoms with van der Waals surface area (Å²) in [6.45, 7) is 8.81. The third-order valence-corrected chi connectivity index (χ3v) is 5.58. The van der Waals surface area contributed by atoms with Crippen molar-refractivity contribution in [1.29, 1.82) is 5.26 Å². The Morgan fingerprint density at radius 1 is 1.15 bits per heavy atom. The fourth-order valence-corrected chi connectivity index (χ4v) is 3.84. The molecule has 5 heteroatoms. The maximum atomic E-state index is 9.80. The molecule has 3 rings (SSSR count). The maximum Gasteiger partial charge on any atom is 0.190 e. The van der Waals surface area contributed by atoms with Gasteiger partial charge in [0.05, 0.1) is 5.69 Å². The van der Waals surface area contributed by atoms with Gasteiger partial charge >= 0.3 is 0 Å². The number of benzene rings is 1. The molecule has 0 unspecified atom stereocenters. The Bertz CT molecular complexity index is 817. The van der Waals surface area contributed by atoms with Gasteiger partial charge < -0.3 is 5.32 Å². The fraction of sp³-hybridized carbons (Fsp3) is 0.500. The molecule has 0 saturated heterocycles. The summed E-state index contributed by atoms with van der Waals surface area (Å²) in [5.41, 5.74) is 3.54. The van der Waals surface area contributed by atoms with Crippen molar-refractivity contribution in [3.05, 3.63) is 35.4 Å². The van der Waals surface area contributed by atoms with Crippen LogP contribution in [0.4, 0.5) is 5.82 Å². The van der Waals surface area contributed by atoms with Crippen LogP contribution < -0.4 is 5.32 Å². The quantitative estimate of drug-likeness (QED) is 0.460. The van der Waals surface area contributed by atoms with Gasteiger partial charge in [-0.3, -0.25) is 0 Å². The summed E-state index contributed by atoms with van der Waals surface area (Å²) in [6.07, 6.45) is 3.41. The molecule has 1 aliphatic rings. The second-order valence-electron chi connectivity index (χ2n) is 7.92. The zero-order chi connectivity index (χ0) is 19.4. The van der Waals surface area contributed by atoms with Crippen LogP contribution in [0.5, 0.6) is 0 Å². The predicted octanol–water partition coefficient (Wildman–Crippen LogP) is 5.85. The first-order chi connectivity index (χ1) is 13.0. The number of nitrogens with zero attached hydrogens (tertiary/aromatic N) is 3.